The number of aromatic amines is 2. The van der Waals surface area contributed by atoms with Gasteiger partial charge in [-0.2, -0.15) is 0 Å². The van der Waals surface area contributed by atoms with E-state index >= 15 is 0 Å². The Balaban J connectivity index is 1.48. The smallest absolute Gasteiger partial charge is 0.115 e. The van der Waals surface area contributed by atoms with Gasteiger partial charge in [0.1, 0.15) is 11.5 Å². The number of fused-ring (bicyclic) bond motifs is 8. The maximum atomic E-state index is 10.2. The van der Waals surface area contributed by atoms with Crippen LogP contribution in [0.25, 0.3) is 90.9 Å². The van der Waals surface area contributed by atoms with Crippen LogP contribution in [0, 0.1) is 0 Å². The van der Waals surface area contributed by atoms with Crippen LogP contribution in [-0.4, -0.2) is 30.1 Å². The summed E-state index contributed by atoms with van der Waals surface area (Å²) < 4.78 is 0. The van der Waals surface area contributed by atoms with Gasteiger partial charge in [0.2, 0.25) is 0 Å². The highest BCUT2D eigenvalue weighted by atomic mass is 16.3. The van der Waals surface area contributed by atoms with Crippen molar-refractivity contribution in [3.63, 3.8) is 0 Å². The maximum absolute atomic E-state index is 10.2. The molecule has 0 spiro atoms. The molecule has 0 saturated heterocycles. The molecule has 9 rings (SSSR count). The molecule has 4 N–H and O–H groups in total. The highest BCUT2D eigenvalue weighted by Crippen LogP contribution is 2.38. The van der Waals surface area contributed by atoms with E-state index in [1.807, 2.05) is 66.7 Å². The van der Waals surface area contributed by atoms with Crippen LogP contribution in [0.5, 0.6) is 11.5 Å². The number of nitrogens with one attached hydrogen (secondary N) is 2. The number of H-pyrrole nitrogens is 2. The standard InChI is InChI=1S/C44H30N4O2/c49-31-15-11-29(12-16-31)43-37-23-21-35(46-37)41(27-7-3-1-4-8-27)33-19-20-34(45-33)42(28-9-5-2-6-10-28)36-22-24-38(47-36)44(40-26-25-39(43)48-40)30-13-17-32(50)18-14-30/h1-26,46,48-50H. The SMILES string of the molecule is Oc1ccc(-c2c3nc(c(-c4ccccc4)c4nc(c(-c5ccccc5)c5ccc([nH]5)c(-c5ccc(O)cc5)c5ccc2[nH]5)C=C4)C=C3)cc1. The third-order valence-electron chi connectivity index (χ3n) is 9.19. The molecule has 0 radical (unpaired) electrons. The van der Waals surface area contributed by atoms with Crippen molar-refractivity contribution in [1.82, 2.24) is 19.9 Å². The lowest BCUT2D eigenvalue weighted by atomic mass is 10.0. The lowest BCUT2D eigenvalue weighted by Gasteiger charge is -2.07. The summed E-state index contributed by atoms with van der Waals surface area (Å²) in [4.78, 5) is 18.0. The van der Waals surface area contributed by atoms with Crippen LogP contribution >= 0.6 is 0 Å². The summed E-state index contributed by atoms with van der Waals surface area (Å²) in [5.74, 6) is 0.397. The molecule has 50 heavy (non-hydrogen) atoms. The van der Waals surface area contributed by atoms with Crippen LogP contribution in [0.3, 0.4) is 0 Å². The van der Waals surface area contributed by atoms with Gasteiger partial charge < -0.3 is 20.2 Å². The van der Waals surface area contributed by atoms with Crippen molar-refractivity contribution >= 4 is 46.4 Å². The van der Waals surface area contributed by atoms with E-state index in [9.17, 15) is 10.2 Å². The number of nitrogens with zero attached hydrogens (tertiary/aromatic N) is 2. The van der Waals surface area contributed by atoms with E-state index in [0.29, 0.717) is 0 Å². The predicted molar refractivity (Wildman–Crippen MR) is 204 cm³/mol. The van der Waals surface area contributed by atoms with Crippen molar-refractivity contribution in [2.24, 2.45) is 0 Å². The van der Waals surface area contributed by atoms with Gasteiger partial charge in [-0.3, -0.25) is 0 Å². The minimum absolute atomic E-state index is 0.195. The van der Waals surface area contributed by atoms with E-state index in [-0.39, 0.29) is 11.5 Å². The van der Waals surface area contributed by atoms with Gasteiger partial charge in [-0.15, -0.1) is 0 Å². The van der Waals surface area contributed by atoms with Crippen molar-refractivity contribution in [2.45, 2.75) is 0 Å². The Morgan fingerprint density at radius 3 is 1.06 bits per heavy atom. The Morgan fingerprint density at radius 2 is 0.640 bits per heavy atom. The summed E-state index contributed by atoms with van der Waals surface area (Å²) in [6, 6.07) is 43.4. The summed E-state index contributed by atoms with van der Waals surface area (Å²) in [5, 5.41) is 20.3. The van der Waals surface area contributed by atoms with Crippen molar-refractivity contribution in [2.75, 3.05) is 0 Å². The van der Waals surface area contributed by atoms with Gasteiger partial charge in [-0.1, -0.05) is 84.9 Å². The molecule has 0 fully saturated rings. The largest absolute Gasteiger partial charge is 0.508 e. The molecule has 8 bridgehead atoms. The summed E-state index contributed by atoms with van der Waals surface area (Å²) in [6.45, 7) is 0. The van der Waals surface area contributed by atoms with Crippen LogP contribution in [0.15, 0.2) is 133 Å². The van der Waals surface area contributed by atoms with E-state index < -0.39 is 0 Å². The lowest BCUT2D eigenvalue weighted by Crippen LogP contribution is -1.91. The van der Waals surface area contributed by atoms with E-state index in [1.165, 1.54) is 0 Å². The Hall–Kier alpha value is -6.92. The monoisotopic (exact) mass is 646 g/mol. The highest BCUT2D eigenvalue weighted by molar-refractivity contribution is 6.00. The summed E-state index contributed by atoms with van der Waals surface area (Å²) in [5.41, 5.74) is 14.5. The van der Waals surface area contributed by atoms with E-state index in [2.05, 4.69) is 76.7 Å². The number of rotatable bonds is 4. The molecule has 0 saturated carbocycles. The van der Waals surface area contributed by atoms with E-state index in [1.54, 1.807) is 24.3 Å². The number of hydrogen-bond donors (Lipinski definition) is 4. The Labute approximate surface area is 288 Å². The van der Waals surface area contributed by atoms with Crippen molar-refractivity contribution in [3.8, 4) is 56.0 Å². The molecule has 0 amide bonds. The molecular formula is C44H30N4O2. The number of hydrogen-bond acceptors (Lipinski definition) is 4. The minimum atomic E-state index is 0.195. The first-order valence-corrected chi connectivity index (χ1v) is 16.4. The Bertz CT molecular complexity index is 2630. The zero-order valence-electron chi connectivity index (χ0n) is 26.8. The summed E-state index contributed by atoms with van der Waals surface area (Å²) in [7, 11) is 0. The molecule has 3 aromatic heterocycles. The molecule has 2 aliphatic rings. The van der Waals surface area contributed by atoms with Crippen LogP contribution in [0.4, 0.5) is 0 Å². The highest BCUT2D eigenvalue weighted by Gasteiger charge is 2.19. The maximum Gasteiger partial charge on any atom is 0.115 e. The topological polar surface area (TPSA) is 97.8 Å². The van der Waals surface area contributed by atoms with Crippen molar-refractivity contribution in [1.29, 1.82) is 0 Å². The molecule has 238 valence electrons. The third-order valence-corrected chi connectivity index (χ3v) is 9.19. The van der Waals surface area contributed by atoms with Gasteiger partial charge in [0, 0.05) is 44.3 Å². The molecule has 5 heterocycles. The van der Waals surface area contributed by atoms with Gasteiger partial charge >= 0.3 is 0 Å². The number of aromatic hydroxyl groups is 2. The predicted octanol–water partition coefficient (Wildman–Crippen LogP) is 10.7. The molecule has 0 aliphatic carbocycles. The van der Waals surface area contributed by atoms with Crippen LogP contribution < -0.4 is 0 Å². The first kappa shape index (κ1) is 29.2. The first-order valence-electron chi connectivity index (χ1n) is 16.4. The Kier molecular flexibility index (Phi) is 6.99. The summed E-state index contributed by atoms with van der Waals surface area (Å²) in [6.07, 6.45) is 8.26. The number of phenols is 2. The fourth-order valence-electron chi connectivity index (χ4n) is 6.89. The molecule has 2 aliphatic heterocycles. The van der Waals surface area contributed by atoms with E-state index in [4.69, 9.17) is 9.97 Å². The zero-order chi connectivity index (χ0) is 33.6. The van der Waals surface area contributed by atoms with Crippen LogP contribution in [0.1, 0.15) is 22.8 Å². The first-order chi connectivity index (χ1) is 24.6. The molecular weight excluding hydrogens is 617 g/mol. The quantitative estimate of drug-likeness (QED) is 0.153. The third kappa shape index (κ3) is 5.16. The van der Waals surface area contributed by atoms with Gasteiger partial charge in [0.05, 0.1) is 22.8 Å². The summed E-state index contributed by atoms with van der Waals surface area (Å²) >= 11 is 0. The van der Waals surface area contributed by atoms with Gasteiger partial charge in [-0.05, 0) is 95.1 Å². The Morgan fingerprint density at radius 1 is 0.320 bits per heavy atom. The van der Waals surface area contributed by atoms with Crippen LogP contribution in [0.2, 0.25) is 0 Å². The van der Waals surface area contributed by atoms with Gasteiger partial charge in [0.25, 0.3) is 0 Å². The molecule has 0 unspecified atom stereocenters. The van der Waals surface area contributed by atoms with E-state index in [0.717, 1.165) is 89.4 Å². The fourth-order valence-corrected chi connectivity index (χ4v) is 6.89. The lowest BCUT2D eigenvalue weighted by molar-refractivity contribution is 0.475. The average molecular weight is 647 g/mol. The minimum Gasteiger partial charge on any atom is -0.508 e. The molecule has 6 heteroatoms. The normalized spacial score (nSPS) is 12.0. The van der Waals surface area contributed by atoms with Gasteiger partial charge in [-0.25, -0.2) is 9.97 Å². The van der Waals surface area contributed by atoms with Gasteiger partial charge in [0.15, 0.2) is 0 Å². The fraction of sp³-hybridized carbons (Fsp3) is 0. The second kappa shape index (κ2) is 12.0. The van der Waals surface area contributed by atoms with Crippen molar-refractivity contribution in [3.05, 3.63) is 156 Å². The second-order valence-corrected chi connectivity index (χ2v) is 12.3. The molecule has 0 atom stereocenters. The number of phenolic OH excluding ortho intramolecular Hbond substituents is 2. The van der Waals surface area contributed by atoms with Crippen molar-refractivity contribution < 1.29 is 10.2 Å². The average Bonchev–Trinajstić information content (AvgIpc) is 3.98. The molecule has 7 aromatic rings. The second-order valence-electron chi connectivity index (χ2n) is 12.3. The zero-order valence-corrected chi connectivity index (χ0v) is 26.8. The molecule has 6 nitrogen and oxygen atoms in total. The number of benzene rings is 4. The number of aromatic nitrogens is 4. The van der Waals surface area contributed by atoms with Crippen LogP contribution in [-0.2, 0) is 0 Å². The molecule has 4 aromatic carbocycles.